The summed E-state index contributed by atoms with van der Waals surface area (Å²) in [4.78, 5) is 6.34. The smallest absolute Gasteiger partial charge is 0.297 e. The second kappa shape index (κ2) is 6.58. The van der Waals surface area contributed by atoms with Crippen LogP contribution in [0, 0.1) is 5.92 Å². The van der Waals surface area contributed by atoms with Crippen LogP contribution in [-0.4, -0.2) is 44.5 Å². The zero-order valence-corrected chi connectivity index (χ0v) is 12.9. The van der Waals surface area contributed by atoms with Crippen LogP contribution in [0.2, 0.25) is 0 Å². The molecule has 1 aliphatic rings. The Morgan fingerprint density at radius 1 is 1.40 bits per heavy atom. The van der Waals surface area contributed by atoms with Crippen molar-refractivity contribution in [2.24, 2.45) is 5.92 Å². The van der Waals surface area contributed by atoms with Crippen LogP contribution in [0.1, 0.15) is 26.0 Å². The molecular weight excluding hydrogens is 278 g/mol. The number of anilines is 1. The molecule has 0 bridgehead atoms. The molecule has 0 aliphatic carbocycles. The maximum atomic E-state index is 11.6. The van der Waals surface area contributed by atoms with Gasteiger partial charge in [-0.05, 0) is 18.9 Å². The third kappa shape index (κ3) is 4.49. The van der Waals surface area contributed by atoms with Gasteiger partial charge in [-0.15, -0.1) is 0 Å². The third-order valence-electron chi connectivity index (χ3n) is 3.22. The molecule has 2 rings (SSSR count). The number of hydrogen-bond donors (Lipinski definition) is 1. The van der Waals surface area contributed by atoms with Gasteiger partial charge in [-0.25, -0.2) is 8.42 Å². The summed E-state index contributed by atoms with van der Waals surface area (Å²) < 4.78 is 28.6. The van der Waals surface area contributed by atoms with Crippen molar-refractivity contribution in [1.29, 1.82) is 0 Å². The van der Waals surface area contributed by atoms with Crippen molar-refractivity contribution in [1.82, 2.24) is 10.3 Å². The van der Waals surface area contributed by atoms with Crippen LogP contribution in [0.3, 0.4) is 0 Å². The Kier molecular flexibility index (Phi) is 5.04. The van der Waals surface area contributed by atoms with Gasteiger partial charge >= 0.3 is 0 Å². The van der Waals surface area contributed by atoms with Crippen LogP contribution in [0.4, 0.5) is 6.01 Å². The average Bonchev–Trinajstić information content (AvgIpc) is 2.74. The van der Waals surface area contributed by atoms with E-state index < -0.39 is 9.84 Å². The molecule has 6 nitrogen and oxygen atoms in total. The molecule has 0 spiro atoms. The lowest BCUT2D eigenvalue weighted by molar-refractivity contribution is 0.530. The van der Waals surface area contributed by atoms with Crippen LogP contribution < -0.4 is 10.2 Å². The van der Waals surface area contributed by atoms with Gasteiger partial charge in [-0.3, -0.25) is 0 Å². The van der Waals surface area contributed by atoms with Gasteiger partial charge in [0.15, 0.2) is 9.84 Å². The van der Waals surface area contributed by atoms with Gasteiger partial charge in [-0.2, -0.15) is 4.98 Å². The highest BCUT2D eigenvalue weighted by Gasteiger charge is 2.22. The number of aromatic nitrogens is 1. The Hall–Kier alpha value is -1.08. The standard InChI is InChI=1S/C13H23N3O3S/c1-11(2)8-14-9-12-10-19-13(15-12)16-4-3-6-20(17,18)7-5-16/h10-11,14H,3-9H2,1-2H3. The van der Waals surface area contributed by atoms with Crippen LogP contribution in [0.5, 0.6) is 0 Å². The van der Waals surface area contributed by atoms with Crippen LogP contribution >= 0.6 is 0 Å². The molecule has 0 radical (unpaired) electrons. The Morgan fingerprint density at radius 2 is 2.20 bits per heavy atom. The number of sulfone groups is 1. The van der Waals surface area contributed by atoms with E-state index in [1.807, 2.05) is 4.90 Å². The normalized spacial score (nSPS) is 19.2. The molecule has 0 amide bonds. The van der Waals surface area contributed by atoms with E-state index in [0.717, 1.165) is 12.2 Å². The minimum absolute atomic E-state index is 0.177. The van der Waals surface area contributed by atoms with Gasteiger partial charge in [0.2, 0.25) is 0 Å². The van der Waals surface area contributed by atoms with E-state index in [2.05, 4.69) is 24.1 Å². The fourth-order valence-corrected chi connectivity index (χ4v) is 3.41. The van der Waals surface area contributed by atoms with Crippen LogP contribution in [0.15, 0.2) is 10.7 Å². The summed E-state index contributed by atoms with van der Waals surface area (Å²) in [5.74, 6) is 1.03. The fraction of sp³-hybridized carbons (Fsp3) is 0.769. The highest BCUT2D eigenvalue weighted by atomic mass is 32.2. The first-order valence-electron chi connectivity index (χ1n) is 7.07. The highest BCUT2D eigenvalue weighted by Crippen LogP contribution is 2.16. The van der Waals surface area contributed by atoms with Crippen molar-refractivity contribution in [2.75, 3.05) is 36.0 Å². The van der Waals surface area contributed by atoms with Crippen molar-refractivity contribution >= 4 is 15.9 Å². The third-order valence-corrected chi connectivity index (χ3v) is 4.94. The Labute approximate surface area is 120 Å². The lowest BCUT2D eigenvalue weighted by atomic mass is 10.2. The lowest BCUT2D eigenvalue weighted by Crippen LogP contribution is -2.27. The minimum atomic E-state index is -2.90. The van der Waals surface area contributed by atoms with Crippen LogP contribution in [-0.2, 0) is 16.4 Å². The first-order chi connectivity index (χ1) is 9.46. The van der Waals surface area contributed by atoms with E-state index in [1.54, 1.807) is 6.26 Å². The summed E-state index contributed by atoms with van der Waals surface area (Å²) in [7, 11) is -2.90. The monoisotopic (exact) mass is 301 g/mol. The second-order valence-electron chi connectivity index (χ2n) is 5.64. The molecule has 1 aliphatic heterocycles. The zero-order chi connectivity index (χ0) is 14.6. The van der Waals surface area contributed by atoms with Gasteiger partial charge in [0.1, 0.15) is 6.26 Å². The molecule has 7 heteroatoms. The van der Waals surface area contributed by atoms with Crippen LogP contribution in [0.25, 0.3) is 0 Å². The molecule has 0 saturated carbocycles. The largest absolute Gasteiger partial charge is 0.432 e. The molecule has 0 unspecified atom stereocenters. The molecule has 0 aromatic carbocycles. The summed E-state index contributed by atoms with van der Waals surface area (Å²) in [6.07, 6.45) is 2.27. The molecule has 114 valence electrons. The highest BCUT2D eigenvalue weighted by molar-refractivity contribution is 7.91. The Morgan fingerprint density at radius 3 is 2.95 bits per heavy atom. The van der Waals surface area contributed by atoms with E-state index in [0.29, 0.717) is 38.0 Å². The number of hydrogen-bond acceptors (Lipinski definition) is 6. The molecular formula is C13H23N3O3S. The van der Waals surface area contributed by atoms with E-state index in [-0.39, 0.29) is 11.5 Å². The molecule has 1 fully saturated rings. The summed E-state index contributed by atoms with van der Waals surface area (Å²) in [6.45, 7) is 7.05. The van der Waals surface area contributed by atoms with Crippen molar-refractivity contribution < 1.29 is 12.8 Å². The van der Waals surface area contributed by atoms with E-state index in [9.17, 15) is 8.42 Å². The molecule has 1 aromatic heterocycles. The maximum Gasteiger partial charge on any atom is 0.297 e. The predicted octanol–water partition coefficient (Wildman–Crippen LogP) is 1.05. The number of rotatable bonds is 5. The van der Waals surface area contributed by atoms with Gasteiger partial charge in [-0.1, -0.05) is 13.8 Å². The van der Waals surface area contributed by atoms with E-state index in [1.165, 1.54) is 0 Å². The molecule has 1 aromatic rings. The van der Waals surface area contributed by atoms with Gasteiger partial charge in [0.05, 0.1) is 17.2 Å². The first-order valence-corrected chi connectivity index (χ1v) is 8.89. The first kappa shape index (κ1) is 15.3. The van der Waals surface area contributed by atoms with Crippen molar-refractivity contribution in [3.8, 4) is 0 Å². The summed E-state index contributed by atoms with van der Waals surface area (Å²) in [5.41, 5.74) is 0.854. The van der Waals surface area contributed by atoms with Crippen molar-refractivity contribution in [3.63, 3.8) is 0 Å². The number of nitrogens with zero attached hydrogens (tertiary/aromatic N) is 2. The minimum Gasteiger partial charge on any atom is -0.432 e. The summed E-state index contributed by atoms with van der Waals surface area (Å²) in [6, 6.07) is 0.531. The molecule has 0 atom stereocenters. The summed E-state index contributed by atoms with van der Waals surface area (Å²) in [5, 5.41) is 3.31. The molecule has 2 heterocycles. The Bertz CT molecular complexity index is 525. The lowest BCUT2D eigenvalue weighted by Gasteiger charge is -2.16. The fourth-order valence-electron chi connectivity index (χ4n) is 2.14. The van der Waals surface area contributed by atoms with E-state index >= 15 is 0 Å². The average molecular weight is 301 g/mol. The topological polar surface area (TPSA) is 75.4 Å². The maximum absolute atomic E-state index is 11.6. The molecule has 20 heavy (non-hydrogen) atoms. The van der Waals surface area contributed by atoms with Gasteiger partial charge < -0.3 is 14.6 Å². The number of oxazole rings is 1. The second-order valence-corrected chi connectivity index (χ2v) is 7.94. The van der Waals surface area contributed by atoms with Gasteiger partial charge in [0.25, 0.3) is 6.01 Å². The predicted molar refractivity (Wildman–Crippen MR) is 78.5 cm³/mol. The Balaban J connectivity index is 1.91. The van der Waals surface area contributed by atoms with E-state index in [4.69, 9.17) is 4.42 Å². The quantitative estimate of drug-likeness (QED) is 0.876. The molecule has 1 N–H and O–H groups in total. The number of nitrogens with one attached hydrogen (secondary N) is 1. The zero-order valence-electron chi connectivity index (χ0n) is 12.1. The SMILES string of the molecule is CC(C)CNCc1coc(N2CCCS(=O)(=O)CC2)n1. The molecule has 1 saturated heterocycles. The summed E-state index contributed by atoms with van der Waals surface area (Å²) >= 11 is 0. The van der Waals surface area contributed by atoms with Crippen molar-refractivity contribution in [2.45, 2.75) is 26.8 Å². The van der Waals surface area contributed by atoms with Crippen molar-refractivity contribution in [3.05, 3.63) is 12.0 Å². The van der Waals surface area contributed by atoms with Gasteiger partial charge in [0, 0.05) is 19.6 Å².